The molecule has 0 spiro atoms. The molecule has 0 amide bonds. The monoisotopic (exact) mass is 337 g/mol. The Morgan fingerprint density at radius 1 is 1.35 bits per heavy atom. The lowest BCUT2D eigenvalue weighted by molar-refractivity contribution is 0.183. The van der Waals surface area contributed by atoms with E-state index >= 15 is 0 Å². The van der Waals surface area contributed by atoms with Gasteiger partial charge in [0.15, 0.2) is 0 Å². The minimum absolute atomic E-state index is 0.140. The molecule has 5 heteroatoms. The van der Waals surface area contributed by atoms with E-state index in [0.29, 0.717) is 24.7 Å². The molecule has 1 N–H and O–H groups in total. The summed E-state index contributed by atoms with van der Waals surface area (Å²) < 4.78 is 6.14. The van der Waals surface area contributed by atoms with Crippen LogP contribution in [0.1, 0.15) is 18.4 Å². The van der Waals surface area contributed by atoms with Crippen LogP contribution in [-0.2, 0) is 6.54 Å². The van der Waals surface area contributed by atoms with Gasteiger partial charge in [0.05, 0.1) is 6.61 Å². The van der Waals surface area contributed by atoms with Crippen molar-refractivity contribution >= 4 is 26.9 Å². The lowest BCUT2D eigenvalue weighted by Gasteiger charge is -2.21. The Morgan fingerprint density at radius 2 is 2.15 bits per heavy atom. The maximum atomic E-state index is 11.7. The molecule has 0 atom stereocenters. The molecular formula is C15H16BrNO3. The number of nitrogens with zero attached hydrogens (tertiary/aromatic N) is 1. The van der Waals surface area contributed by atoms with Gasteiger partial charge in [0, 0.05) is 35.1 Å². The number of hydrogen-bond donors (Lipinski definition) is 1. The lowest BCUT2D eigenvalue weighted by Crippen LogP contribution is -2.29. The normalized spacial score (nSPS) is 15.2. The topological polar surface area (TPSA) is 53.7 Å². The quantitative estimate of drug-likeness (QED) is 0.852. The zero-order valence-electron chi connectivity index (χ0n) is 11.0. The average Bonchev–Trinajstić information content (AvgIpc) is 3.21. The highest BCUT2D eigenvalue weighted by molar-refractivity contribution is 9.10. The first-order valence-corrected chi connectivity index (χ1v) is 7.54. The van der Waals surface area contributed by atoms with Crippen molar-refractivity contribution in [3.63, 3.8) is 0 Å². The molecule has 1 aromatic heterocycles. The Morgan fingerprint density at radius 3 is 2.85 bits per heavy atom. The summed E-state index contributed by atoms with van der Waals surface area (Å²) >= 11 is 3.38. The predicted octanol–water partition coefficient (Wildman–Crippen LogP) is 2.51. The molecular weight excluding hydrogens is 322 g/mol. The second-order valence-corrected chi connectivity index (χ2v) is 6.07. The van der Waals surface area contributed by atoms with Gasteiger partial charge in [-0.15, -0.1) is 0 Å². The van der Waals surface area contributed by atoms with Crippen molar-refractivity contribution in [3.8, 4) is 0 Å². The molecule has 0 saturated heterocycles. The Kier molecular flexibility index (Phi) is 3.92. The number of aliphatic hydroxyl groups is 1. The highest BCUT2D eigenvalue weighted by Gasteiger charge is 2.28. The Bertz CT molecular complexity index is 678. The smallest absolute Gasteiger partial charge is 0.336 e. The van der Waals surface area contributed by atoms with E-state index in [2.05, 4.69) is 20.8 Å². The molecule has 1 fully saturated rings. The van der Waals surface area contributed by atoms with Crippen LogP contribution < -0.4 is 5.63 Å². The van der Waals surface area contributed by atoms with Gasteiger partial charge < -0.3 is 9.52 Å². The van der Waals surface area contributed by atoms with Crippen molar-refractivity contribution in [2.24, 2.45) is 0 Å². The fourth-order valence-corrected chi connectivity index (χ4v) is 2.85. The molecule has 20 heavy (non-hydrogen) atoms. The van der Waals surface area contributed by atoms with E-state index in [9.17, 15) is 4.79 Å². The standard InChI is InChI=1S/C15H16BrNO3/c16-11-1-4-13-10(7-15(19)20-14(13)8-11)9-17(5-6-18)12-2-3-12/h1,4,7-8,12,18H,2-3,5-6,9H2. The SMILES string of the molecule is O=c1cc(CN(CCO)C2CC2)c2ccc(Br)cc2o1. The van der Waals surface area contributed by atoms with E-state index in [1.54, 1.807) is 6.07 Å². The van der Waals surface area contributed by atoms with Crippen molar-refractivity contribution in [1.82, 2.24) is 4.90 Å². The number of aliphatic hydroxyl groups excluding tert-OH is 1. The highest BCUT2D eigenvalue weighted by atomic mass is 79.9. The first-order valence-electron chi connectivity index (χ1n) is 6.74. The lowest BCUT2D eigenvalue weighted by atomic mass is 10.1. The van der Waals surface area contributed by atoms with Crippen LogP contribution in [0.3, 0.4) is 0 Å². The Balaban J connectivity index is 1.99. The summed E-state index contributed by atoms with van der Waals surface area (Å²) in [6.45, 7) is 1.46. The second-order valence-electron chi connectivity index (χ2n) is 5.16. The molecule has 3 rings (SSSR count). The van der Waals surface area contributed by atoms with Gasteiger partial charge in [0.1, 0.15) is 5.58 Å². The molecule has 1 aromatic carbocycles. The summed E-state index contributed by atoms with van der Waals surface area (Å²) in [6.07, 6.45) is 2.34. The van der Waals surface area contributed by atoms with Gasteiger partial charge in [-0.2, -0.15) is 0 Å². The highest BCUT2D eigenvalue weighted by Crippen LogP contribution is 2.29. The minimum Gasteiger partial charge on any atom is -0.423 e. The van der Waals surface area contributed by atoms with Crippen LogP contribution in [0.15, 0.2) is 37.9 Å². The summed E-state index contributed by atoms with van der Waals surface area (Å²) in [4.78, 5) is 13.9. The van der Waals surface area contributed by atoms with Gasteiger partial charge in [-0.1, -0.05) is 15.9 Å². The summed E-state index contributed by atoms with van der Waals surface area (Å²) in [5.74, 6) is 0. The van der Waals surface area contributed by atoms with Gasteiger partial charge in [0.2, 0.25) is 0 Å². The van der Waals surface area contributed by atoms with E-state index in [4.69, 9.17) is 9.52 Å². The predicted molar refractivity (Wildman–Crippen MR) is 80.7 cm³/mol. The van der Waals surface area contributed by atoms with Crippen molar-refractivity contribution < 1.29 is 9.52 Å². The average molecular weight is 338 g/mol. The van der Waals surface area contributed by atoms with Gasteiger partial charge in [0.25, 0.3) is 0 Å². The number of fused-ring (bicyclic) bond motifs is 1. The Hall–Kier alpha value is -1.17. The molecule has 1 saturated carbocycles. The fourth-order valence-electron chi connectivity index (χ4n) is 2.51. The summed E-state index contributed by atoms with van der Waals surface area (Å²) in [5, 5.41) is 10.1. The van der Waals surface area contributed by atoms with Crippen LogP contribution in [0.4, 0.5) is 0 Å². The zero-order chi connectivity index (χ0) is 14.1. The van der Waals surface area contributed by atoms with E-state index in [1.807, 2.05) is 18.2 Å². The van der Waals surface area contributed by atoms with Crippen LogP contribution in [0.5, 0.6) is 0 Å². The van der Waals surface area contributed by atoms with Crippen molar-refractivity contribution in [2.75, 3.05) is 13.2 Å². The first-order chi connectivity index (χ1) is 9.67. The van der Waals surface area contributed by atoms with E-state index in [0.717, 1.165) is 15.4 Å². The molecule has 0 radical (unpaired) electrons. The number of rotatable bonds is 5. The number of hydrogen-bond acceptors (Lipinski definition) is 4. The van der Waals surface area contributed by atoms with Crippen LogP contribution in [0.25, 0.3) is 11.0 Å². The molecule has 106 valence electrons. The van der Waals surface area contributed by atoms with E-state index in [1.165, 1.54) is 12.8 Å². The van der Waals surface area contributed by atoms with Crippen molar-refractivity contribution in [3.05, 3.63) is 44.7 Å². The van der Waals surface area contributed by atoms with Crippen LogP contribution in [-0.4, -0.2) is 29.2 Å². The number of halogens is 1. The first kappa shape index (κ1) is 13.8. The van der Waals surface area contributed by atoms with Gasteiger partial charge >= 0.3 is 5.63 Å². The molecule has 1 aliphatic rings. The third kappa shape index (κ3) is 2.95. The maximum Gasteiger partial charge on any atom is 0.336 e. The minimum atomic E-state index is -0.328. The van der Waals surface area contributed by atoms with E-state index < -0.39 is 0 Å². The molecule has 1 heterocycles. The zero-order valence-corrected chi connectivity index (χ0v) is 12.6. The van der Waals surface area contributed by atoms with Gasteiger partial charge in [-0.05, 0) is 36.6 Å². The third-order valence-electron chi connectivity index (χ3n) is 3.62. The largest absolute Gasteiger partial charge is 0.423 e. The fraction of sp³-hybridized carbons (Fsp3) is 0.400. The molecule has 4 nitrogen and oxygen atoms in total. The van der Waals surface area contributed by atoms with Crippen molar-refractivity contribution in [2.45, 2.75) is 25.4 Å². The summed E-state index contributed by atoms with van der Waals surface area (Å²) in [7, 11) is 0. The summed E-state index contributed by atoms with van der Waals surface area (Å²) in [6, 6.07) is 7.82. The van der Waals surface area contributed by atoms with Gasteiger partial charge in [-0.3, -0.25) is 4.90 Å². The molecule has 2 aromatic rings. The molecule has 1 aliphatic carbocycles. The van der Waals surface area contributed by atoms with Crippen LogP contribution in [0.2, 0.25) is 0 Å². The van der Waals surface area contributed by atoms with Crippen LogP contribution >= 0.6 is 15.9 Å². The second kappa shape index (κ2) is 5.68. The van der Waals surface area contributed by atoms with E-state index in [-0.39, 0.29) is 12.2 Å². The molecule has 0 bridgehead atoms. The third-order valence-corrected chi connectivity index (χ3v) is 4.11. The Labute approximate surface area is 125 Å². The van der Waals surface area contributed by atoms with Gasteiger partial charge in [-0.25, -0.2) is 4.79 Å². The molecule has 0 aliphatic heterocycles. The maximum absolute atomic E-state index is 11.7. The van der Waals surface area contributed by atoms with Crippen LogP contribution in [0, 0.1) is 0 Å². The number of benzene rings is 1. The molecule has 0 unspecified atom stereocenters. The summed E-state index contributed by atoms with van der Waals surface area (Å²) in [5.41, 5.74) is 1.23. The van der Waals surface area contributed by atoms with Crippen molar-refractivity contribution in [1.29, 1.82) is 0 Å².